The van der Waals surface area contributed by atoms with Gasteiger partial charge in [0.15, 0.2) is 11.7 Å². The normalized spacial score (nSPS) is 22.5. The number of carbonyl (C=O) groups excluding carboxylic acids is 2. The largest absolute Gasteiger partial charge is 0.347 e. The molecule has 0 aliphatic carbocycles. The van der Waals surface area contributed by atoms with Crippen molar-refractivity contribution in [2.45, 2.75) is 25.6 Å². The number of aliphatic imine (C=N–C) groups is 1. The second-order valence-electron chi connectivity index (χ2n) is 7.57. The number of likely N-dealkylation sites (tertiary alicyclic amines) is 1. The third-order valence-electron chi connectivity index (χ3n) is 5.08. The molecule has 154 valence electrons. The predicted molar refractivity (Wildman–Crippen MR) is 102 cm³/mol. The van der Waals surface area contributed by atoms with Crippen LogP contribution in [-0.4, -0.2) is 106 Å². The van der Waals surface area contributed by atoms with Crippen LogP contribution in [0.3, 0.4) is 0 Å². The third kappa shape index (κ3) is 5.80. The van der Waals surface area contributed by atoms with E-state index in [1.165, 1.54) is 9.80 Å². The van der Waals surface area contributed by atoms with Gasteiger partial charge in [-0.3, -0.25) is 9.59 Å². The molecule has 2 rings (SSSR count). The van der Waals surface area contributed by atoms with Crippen molar-refractivity contribution >= 4 is 17.8 Å². The van der Waals surface area contributed by atoms with Crippen molar-refractivity contribution in [1.82, 2.24) is 20.0 Å². The third-order valence-corrected chi connectivity index (χ3v) is 5.08. The van der Waals surface area contributed by atoms with Gasteiger partial charge >= 0.3 is 0 Å². The van der Waals surface area contributed by atoms with E-state index < -0.39 is 5.79 Å². The Morgan fingerprint density at radius 3 is 2.37 bits per heavy atom. The van der Waals surface area contributed by atoms with Crippen molar-refractivity contribution < 1.29 is 19.1 Å². The average Bonchev–Trinajstić information content (AvgIpc) is 3.09. The van der Waals surface area contributed by atoms with E-state index in [0.717, 1.165) is 19.4 Å². The van der Waals surface area contributed by atoms with E-state index in [1.807, 2.05) is 6.92 Å². The van der Waals surface area contributed by atoms with Crippen LogP contribution in [0.4, 0.5) is 0 Å². The van der Waals surface area contributed by atoms with Crippen molar-refractivity contribution in [2.75, 3.05) is 67.6 Å². The molecule has 27 heavy (non-hydrogen) atoms. The van der Waals surface area contributed by atoms with Crippen LogP contribution < -0.4 is 5.32 Å². The molecule has 0 bridgehead atoms. The SMILES string of the molecule is CN(C)C(=O)CN=C(NCC(=O)N(C)C)N1CCCC(C2(C)OCCO2)C1. The lowest BCUT2D eigenvalue weighted by molar-refractivity contribution is -0.189. The number of guanidine groups is 1. The standard InChI is InChI=1S/C18H33N5O4/c1-18(26-9-10-27-18)14-7-6-8-23(13-14)17(19-11-15(24)21(2)3)20-12-16(25)22(4)5/h14H,6-13H2,1-5H3,(H,19,20). The summed E-state index contributed by atoms with van der Waals surface area (Å²) in [4.78, 5) is 33.5. The number of piperidine rings is 1. The second kappa shape index (κ2) is 9.36. The molecular formula is C18H33N5O4. The fraction of sp³-hybridized carbons (Fsp3) is 0.833. The molecule has 0 aromatic carbocycles. The van der Waals surface area contributed by atoms with Crippen LogP contribution in [0.25, 0.3) is 0 Å². The van der Waals surface area contributed by atoms with Gasteiger partial charge in [-0.15, -0.1) is 0 Å². The second-order valence-corrected chi connectivity index (χ2v) is 7.57. The van der Waals surface area contributed by atoms with Gasteiger partial charge in [-0.1, -0.05) is 0 Å². The molecule has 2 heterocycles. The number of hydrogen-bond donors (Lipinski definition) is 1. The highest BCUT2D eigenvalue weighted by Gasteiger charge is 2.42. The minimum absolute atomic E-state index is 0.0386. The monoisotopic (exact) mass is 383 g/mol. The zero-order valence-corrected chi connectivity index (χ0v) is 17.2. The predicted octanol–water partition coefficient (Wildman–Crippen LogP) is -0.417. The van der Waals surface area contributed by atoms with Gasteiger partial charge in [-0.25, -0.2) is 4.99 Å². The molecule has 9 heteroatoms. The molecule has 1 unspecified atom stereocenters. The summed E-state index contributed by atoms with van der Waals surface area (Å²) < 4.78 is 11.7. The summed E-state index contributed by atoms with van der Waals surface area (Å²) >= 11 is 0. The van der Waals surface area contributed by atoms with E-state index in [9.17, 15) is 9.59 Å². The highest BCUT2D eigenvalue weighted by Crippen LogP contribution is 2.34. The minimum atomic E-state index is -0.581. The molecule has 9 nitrogen and oxygen atoms in total. The zero-order chi connectivity index (χ0) is 20.0. The molecule has 0 aromatic heterocycles. The first-order valence-corrected chi connectivity index (χ1v) is 9.44. The zero-order valence-electron chi connectivity index (χ0n) is 17.2. The van der Waals surface area contributed by atoms with Crippen molar-refractivity contribution in [3.05, 3.63) is 0 Å². The van der Waals surface area contributed by atoms with Gasteiger partial charge in [0.2, 0.25) is 11.8 Å². The first-order chi connectivity index (χ1) is 12.7. The maximum atomic E-state index is 12.0. The fourth-order valence-corrected chi connectivity index (χ4v) is 3.23. The maximum Gasteiger partial charge on any atom is 0.243 e. The van der Waals surface area contributed by atoms with Crippen LogP contribution in [0.15, 0.2) is 4.99 Å². The number of likely N-dealkylation sites (N-methyl/N-ethyl adjacent to an activating group) is 2. The summed E-state index contributed by atoms with van der Waals surface area (Å²) in [7, 11) is 6.83. The van der Waals surface area contributed by atoms with Crippen LogP contribution in [0, 0.1) is 5.92 Å². The summed E-state index contributed by atoms with van der Waals surface area (Å²) in [5.74, 6) is 0.0604. The Kier molecular flexibility index (Phi) is 7.43. The average molecular weight is 383 g/mol. The lowest BCUT2D eigenvalue weighted by Gasteiger charge is -2.41. The minimum Gasteiger partial charge on any atom is -0.347 e. The van der Waals surface area contributed by atoms with E-state index >= 15 is 0 Å². The van der Waals surface area contributed by atoms with Crippen LogP contribution in [0.1, 0.15) is 19.8 Å². The summed E-state index contributed by atoms with van der Waals surface area (Å²) in [6.07, 6.45) is 1.98. The van der Waals surface area contributed by atoms with Gasteiger partial charge < -0.3 is 29.5 Å². The van der Waals surface area contributed by atoms with Gasteiger partial charge in [0, 0.05) is 47.2 Å². The van der Waals surface area contributed by atoms with Gasteiger partial charge in [0.05, 0.1) is 19.8 Å². The molecular weight excluding hydrogens is 350 g/mol. The number of ether oxygens (including phenoxy) is 2. The Balaban J connectivity index is 2.09. The summed E-state index contributed by atoms with van der Waals surface area (Å²) in [5, 5.41) is 3.12. The number of amides is 2. The topological polar surface area (TPSA) is 86.7 Å². The van der Waals surface area contributed by atoms with E-state index in [2.05, 4.69) is 15.2 Å². The van der Waals surface area contributed by atoms with E-state index in [0.29, 0.717) is 25.7 Å². The Bertz CT molecular complexity index is 558. The number of carbonyl (C=O) groups is 2. The first kappa shape index (κ1) is 21.4. The molecule has 0 spiro atoms. The molecule has 0 radical (unpaired) electrons. The van der Waals surface area contributed by atoms with Gasteiger partial charge in [0.25, 0.3) is 0 Å². The molecule has 2 saturated heterocycles. The Morgan fingerprint density at radius 2 is 1.78 bits per heavy atom. The summed E-state index contributed by atoms with van der Waals surface area (Å²) in [6.45, 7) is 4.90. The van der Waals surface area contributed by atoms with Crippen molar-refractivity contribution in [2.24, 2.45) is 10.9 Å². The van der Waals surface area contributed by atoms with E-state index in [4.69, 9.17) is 9.47 Å². The Hall–Kier alpha value is -1.87. The van der Waals surface area contributed by atoms with Crippen molar-refractivity contribution in [3.63, 3.8) is 0 Å². The van der Waals surface area contributed by atoms with E-state index in [1.54, 1.807) is 28.2 Å². The molecule has 1 atom stereocenters. The molecule has 2 fully saturated rings. The number of nitrogens with one attached hydrogen (secondary N) is 1. The fourth-order valence-electron chi connectivity index (χ4n) is 3.23. The van der Waals surface area contributed by atoms with Crippen LogP contribution in [0.5, 0.6) is 0 Å². The van der Waals surface area contributed by atoms with Crippen LogP contribution in [-0.2, 0) is 19.1 Å². The number of nitrogens with zero attached hydrogens (tertiary/aromatic N) is 4. The molecule has 1 N–H and O–H groups in total. The maximum absolute atomic E-state index is 12.0. The molecule has 2 aliphatic rings. The van der Waals surface area contributed by atoms with Crippen molar-refractivity contribution in [3.8, 4) is 0 Å². The lowest BCUT2D eigenvalue weighted by atomic mass is 9.90. The number of rotatable bonds is 5. The molecule has 2 amide bonds. The summed E-state index contributed by atoms with van der Waals surface area (Å²) in [6, 6.07) is 0. The van der Waals surface area contributed by atoms with Crippen LogP contribution in [0.2, 0.25) is 0 Å². The van der Waals surface area contributed by atoms with Crippen LogP contribution >= 0.6 is 0 Å². The highest BCUT2D eigenvalue weighted by molar-refractivity contribution is 5.88. The molecule has 0 aromatic rings. The van der Waals surface area contributed by atoms with Gasteiger partial charge in [0.1, 0.15) is 6.54 Å². The smallest absolute Gasteiger partial charge is 0.243 e. The van der Waals surface area contributed by atoms with Gasteiger partial charge in [-0.05, 0) is 19.8 Å². The van der Waals surface area contributed by atoms with Crippen molar-refractivity contribution in [1.29, 1.82) is 0 Å². The number of hydrogen-bond acceptors (Lipinski definition) is 5. The molecule has 2 aliphatic heterocycles. The Labute approximate surface area is 161 Å². The molecule has 0 saturated carbocycles. The first-order valence-electron chi connectivity index (χ1n) is 9.44. The van der Waals surface area contributed by atoms with Gasteiger partial charge in [-0.2, -0.15) is 0 Å². The summed E-state index contributed by atoms with van der Waals surface area (Å²) in [5.41, 5.74) is 0. The lowest BCUT2D eigenvalue weighted by Crippen LogP contribution is -2.53. The highest BCUT2D eigenvalue weighted by atomic mass is 16.7. The quantitative estimate of drug-likeness (QED) is 0.513. The Morgan fingerprint density at radius 1 is 1.15 bits per heavy atom. The van der Waals surface area contributed by atoms with E-state index in [-0.39, 0.29) is 30.8 Å².